The van der Waals surface area contributed by atoms with Gasteiger partial charge in [-0.2, -0.15) is 15.0 Å². The van der Waals surface area contributed by atoms with Gasteiger partial charge in [0.1, 0.15) is 0 Å². The predicted molar refractivity (Wildman–Crippen MR) is 132 cm³/mol. The zero-order valence-electron chi connectivity index (χ0n) is 18.3. The Balaban J connectivity index is 1.32. The highest BCUT2D eigenvalue weighted by Gasteiger charge is 2.27. The Morgan fingerprint density at radius 1 is 0.970 bits per heavy atom. The van der Waals surface area contributed by atoms with Crippen molar-refractivity contribution in [2.75, 3.05) is 17.7 Å². The van der Waals surface area contributed by atoms with Crippen LogP contribution < -0.4 is 16.0 Å². The van der Waals surface area contributed by atoms with Gasteiger partial charge in [-0.25, -0.2) is 0 Å². The van der Waals surface area contributed by atoms with Gasteiger partial charge >= 0.3 is 0 Å². The molecule has 0 radical (unpaired) electrons. The zero-order chi connectivity index (χ0) is 23.2. The summed E-state index contributed by atoms with van der Waals surface area (Å²) < 4.78 is 0. The van der Waals surface area contributed by atoms with E-state index in [1.165, 1.54) is 0 Å². The summed E-state index contributed by atoms with van der Waals surface area (Å²) in [6, 6.07) is 15.3. The van der Waals surface area contributed by atoms with Crippen molar-refractivity contribution in [3.05, 3.63) is 64.1 Å². The van der Waals surface area contributed by atoms with Crippen LogP contribution in [0.15, 0.2) is 48.5 Å². The van der Waals surface area contributed by atoms with Crippen molar-refractivity contribution < 1.29 is 4.79 Å². The Bertz CT molecular complexity index is 1100. The molecule has 3 N–H and O–H groups in total. The number of carbonyl (C=O) groups is 1. The van der Waals surface area contributed by atoms with Gasteiger partial charge in [-0.3, -0.25) is 4.79 Å². The molecule has 172 valence electrons. The number of halogens is 2. The topological polar surface area (TPSA) is 91.8 Å². The summed E-state index contributed by atoms with van der Waals surface area (Å²) in [6.45, 7) is 0.396. The second kappa shape index (κ2) is 10.8. The first-order chi connectivity index (χ1) is 16.0. The number of aromatic nitrogens is 3. The Labute approximate surface area is 203 Å². The van der Waals surface area contributed by atoms with Gasteiger partial charge in [-0.15, -0.1) is 0 Å². The van der Waals surface area contributed by atoms with E-state index in [0.717, 1.165) is 36.8 Å². The average Bonchev–Trinajstić information content (AvgIpc) is 2.84. The minimum Gasteiger partial charge on any atom is -0.357 e. The van der Waals surface area contributed by atoms with E-state index in [1.54, 1.807) is 19.2 Å². The highest BCUT2D eigenvalue weighted by molar-refractivity contribution is 6.35. The Hall–Kier alpha value is -2.90. The monoisotopic (exact) mass is 484 g/mol. The summed E-state index contributed by atoms with van der Waals surface area (Å²) in [7, 11) is 1.79. The first-order valence-corrected chi connectivity index (χ1v) is 11.7. The van der Waals surface area contributed by atoms with Gasteiger partial charge in [0, 0.05) is 41.2 Å². The van der Waals surface area contributed by atoms with Crippen LogP contribution in [0.3, 0.4) is 0 Å². The van der Waals surface area contributed by atoms with Gasteiger partial charge in [0.25, 0.3) is 0 Å². The molecule has 1 aliphatic carbocycles. The number of hydrogen-bond donors (Lipinski definition) is 3. The summed E-state index contributed by atoms with van der Waals surface area (Å²) in [6.07, 6.45) is 3.32. The second-order valence-electron chi connectivity index (χ2n) is 8.07. The van der Waals surface area contributed by atoms with Gasteiger partial charge in [0.15, 0.2) is 5.82 Å². The molecule has 9 heteroatoms. The lowest BCUT2D eigenvalue weighted by molar-refractivity contribution is -0.126. The fourth-order valence-corrected chi connectivity index (χ4v) is 4.42. The van der Waals surface area contributed by atoms with Crippen molar-refractivity contribution in [3.63, 3.8) is 0 Å². The first-order valence-electron chi connectivity index (χ1n) is 11.0. The lowest BCUT2D eigenvalue weighted by Crippen LogP contribution is -2.36. The van der Waals surface area contributed by atoms with E-state index < -0.39 is 0 Å². The maximum atomic E-state index is 12.7. The highest BCUT2D eigenvalue weighted by Crippen LogP contribution is 2.27. The van der Waals surface area contributed by atoms with Gasteiger partial charge in [-0.1, -0.05) is 59.6 Å². The van der Waals surface area contributed by atoms with Gasteiger partial charge in [0.2, 0.25) is 17.8 Å². The molecule has 1 aliphatic rings. The molecule has 0 saturated heterocycles. The number of hydrogen-bond acceptors (Lipinski definition) is 6. The van der Waals surface area contributed by atoms with Crippen LogP contribution in [-0.4, -0.2) is 33.9 Å². The van der Waals surface area contributed by atoms with Crippen LogP contribution in [0, 0.1) is 5.92 Å². The van der Waals surface area contributed by atoms with Crippen LogP contribution in [0.5, 0.6) is 0 Å². The summed E-state index contributed by atoms with van der Waals surface area (Å²) in [5, 5.41) is 10.6. The van der Waals surface area contributed by atoms with Crippen LogP contribution in [-0.2, 0) is 11.3 Å². The van der Waals surface area contributed by atoms with Crippen LogP contribution >= 0.6 is 23.2 Å². The normalized spacial score (nSPS) is 17.9. The molecule has 0 bridgehead atoms. The van der Waals surface area contributed by atoms with Gasteiger partial charge in [0.05, 0.1) is 0 Å². The van der Waals surface area contributed by atoms with E-state index in [-0.39, 0.29) is 17.9 Å². The molecule has 4 rings (SSSR count). The summed E-state index contributed by atoms with van der Waals surface area (Å²) in [5.74, 6) is 1.72. The van der Waals surface area contributed by atoms with E-state index in [4.69, 9.17) is 23.2 Å². The zero-order valence-corrected chi connectivity index (χ0v) is 19.8. The number of nitrogens with one attached hydrogen (secondary N) is 3. The summed E-state index contributed by atoms with van der Waals surface area (Å²) >= 11 is 12.1. The number of rotatable bonds is 7. The Morgan fingerprint density at radius 2 is 1.70 bits per heavy atom. The molecular formula is C24H26Cl2N6O. The summed E-state index contributed by atoms with van der Waals surface area (Å²) in [5.41, 5.74) is 1.79. The van der Waals surface area contributed by atoms with Gasteiger partial charge < -0.3 is 16.0 Å². The van der Waals surface area contributed by atoms with Crippen LogP contribution in [0.25, 0.3) is 11.4 Å². The molecule has 0 spiro atoms. The van der Waals surface area contributed by atoms with Crippen molar-refractivity contribution in [1.29, 1.82) is 0 Å². The highest BCUT2D eigenvalue weighted by atomic mass is 35.5. The molecule has 1 aromatic heterocycles. The third kappa shape index (κ3) is 6.12. The smallest absolute Gasteiger partial charge is 0.228 e. The van der Waals surface area contributed by atoms with Crippen molar-refractivity contribution in [2.45, 2.75) is 38.3 Å². The first kappa shape index (κ1) is 23.3. The number of carbonyl (C=O) groups excluding carboxylic acids is 1. The summed E-state index contributed by atoms with van der Waals surface area (Å²) in [4.78, 5) is 26.2. The lowest BCUT2D eigenvalue weighted by atomic mass is 9.85. The molecule has 7 nitrogen and oxygen atoms in total. The fourth-order valence-electron chi connectivity index (χ4n) is 3.94. The fraction of sp³-hybridized carbons (Fsp3) is 0.333. The minimum absolute atomic E-state index is 0.0137. The molecule has 33 heavy (non-hydrogen) atoms. The molecule has 0 unspecified atom stereocenters. The number of amides is 1. The molecule has 0 atom stereocenters. The Kier molecular flexibility index (Phi) is 7.62. The average molecular weight is 485 g/mol. The molecule has 1 heterocycles. The second-order valence-corrected chi connectivity index (χ2v) is 8.91. The maximum absolute atomic E-state index is 12.7. The third-order valence-electron chi connectivity index (χ3n) is 5.79. The predicted octanol–water partition coefficient (Wildman–Crippen LogP) is 5.17. The van der Waals surface area contributed by atoms with E-state index in [2.05, 4.69) is 30.9 Å². The Morgan fingerprint density at radius 3 is 2.39 bits per heavy atom. The minimum atomic E-state index is -0.0137. The van der Waals surface area contributed by atoms with E-state index in [9.17, 15) is 4.79 Å². The molecule has 0 aliphatic heterocycles. The molecular weight excluding hydrogens is 459 g/mol. The number of anilines is 2. The molecule has 3 aromatic rings. The largest absolute Gasteiger partial charge is 0.357 e. The van der Waals surface area contributed by atoms with Crippen molar-refractivity contribution in [2.24, 2.45) is 5.92 Å². The van der Waals surface area contributed by atoms with Crippen molar-refractivity contribution in [1.82, 2.24) is 20.3 Å². The molecule has 1 saturated carbocycles. The van der Waals surface area contributed by atoms with Crippen molar-refractivity contribution in [3.8, 4) is 11.4 Å². The van der Waals surface area contributed by atoms with E-state index in [0.29, 0.717) is 34.3 Å². The van der Waals surface area contributed by atoms with Crippen LogP contribution in [0.1, 0.15) is 31.2 Å². The quantitative estimate of drug-likeness (QED) is 0.428. The standard InChI is InChI=1S/C24H26Cl2N6O/c1-27-23-30-21(15-5-3-2-4-6-15)31-24(32-23)29-19-11-8-16(9-12-19)22(33)28-14-17-7-10-18(25)13-20(17)26/h2-7,10,13,16,19H,8-9,11-12,14H2,1H3,(H,28,33)(H2,27,29,30,31,32)/t16-,19+. The third-order valence-corrected chi connectivity index (χ3v) is 6.38. The van der Waals surface area contributed by atoms with E-state index >= 15 is 0 Å². The number of nitrogens with zero attached hydrogens (tertiary/aromatic N) is 3. The SMILES string of the molecule is CNc1nc(N[C@H]2CC[C@@H](C(=O)NCc3ccc(Cl)cc3Cl)CC2)nc(-c2ccccc2)n1. The molecule has 1 amide bonds. The van der Waals surface area contributed by atoms with Gasteiger partial charge in [-0.05, 0) is 43.4 Å². The maximum Gasteiger partial charge on any atom is 0.228 e. The van der Waals surface area contributed by atoms with Crippen molar-refractivity contribution >= 4 is 41.0 Å². The van der Waals surface area contributed by atoms with Crippen LogP contribution in [0.4, 0.5) is 11.9 Å². The lowest BCUT2D eigenvalue weighted by Gasteiger charge is -2.28. The number of benzene rings is 2. The van der Waals surface area contributed by atoms with Crippen LogP contribution in [0.2, 0.25) is 10.0 Å². The van der Waals surface area contributed by atoms with E-state index in [1.807, 2.05) is 36.4 Å². The molecule has 2 aromatic carbocycles. The molecule has 1 fully saturated rings.